The van der Waals surface area contributed by atoms with E-state index in [1.807, 2.05) is 4.90 Å². The van der Waals surface area contributed by atoms with Crippen molar-refractivity contribution in [2.24, 2.45) is 11.8 Å². The molecule has 0 aliphatic carbocycles. The van der Waals surface area contributed by atoms with Crippen molar-refractivity contribution < 1.29 is 19.5 Å². The van der Waals surface area contributed by atoms with Crippen molar-refractivity contribution >= 4 is 18.3 Å². The van der Waals surface area contributed by atoms with Gasteiger partial charge in [0.25, 0.3) is 12.4 Å². The Morgan fingerprint density at radius 2 is 2.03 bits per heavy atom. The molecule has 0 radical (unpaired) electrons. The van der Waals surface area contributed by atoms with Gasteiger partial charge in [-0.05, 0) is 37.6 Å². The first-order valence-electron chi connectivity index (χ1n) is 10.2. The number of rotatable bonds is 3. The van der Waals surface area contributed by atoms with Gasteiger partial charge < -0.3 is 15.3 Å². The van der Waals surface area contributed by atoms with Gasteiger partial charge in [-0.1, -0.05) is 6.42 Å². The zero-order valence-corrected chi connectivity index (χ0v) is 16.7. The molecular formula is C20H29N5O4. The lowest BCUT2D eigenvalue weighted by Crippen LogP contribution is -2.66. The molecule has 4 rings (SSSR count). The molecule has 9 nitrogen and oxygen atoms in total. The highest BCUT2D eigenvalue weighted by atomic mass is 16.3. The summed E-state index contributed by atoms with van der Waals surface area (Å²) in [6.07, 6.45) is 9.54. The number of carbonyl (C=O) groups is 3. The van der Waals surface area contributed by atoms with Gasteiger partial charge in [0.05, 0.1) is 6.20 Å². The van der Waals surface area contributed by atoms with Crippen LogP contribution in [0.1, 0.15) is 43.1 Å². The highest BCUT2D eigenvalue weighted by Crippen LogP contribution is 2.41. The third-order valence-corrected chi connectivity index (χ3v) is 6.25. The number of hydrogen-bond acceptors (Lipinski definition) is 6. The average Bonchev–Trinajstić information content (AvgIpc) is 2.74. The van der Waals surface area contributed by atoms with Crippen LogP contribution in [0.5, 0.6) is 0 Å². The second-order valence-corrected chi connectivity index (χ2v) is 7.97. The Kier molecular flexibility index (Phi) is 7.13. The van der Waals surface area contributed by atoms with Gasteiger partial charge in [-0.25, -0.2) is 4.98 Å². The number of nitrogens with zero attached hydrogens (tertiary/aromatic N) is 4. The van der Waals surface area contributed by atoms with Gasteiger partial charge in [0.15, 0.2) is 0 Å². The zero-order valence-electron chi connectivity index (χ0n) is 16.7. The topological polar surface area (TPSA) is 116 Å². The standard InChI is InChI=1S/C19H27N5O2.CH2O2/c1-13(25)22-10-18-15-8-14(17-4-2-3-7-24(17)18)11-23(12-15)19(26)16-9-20-5-6-21-16;2-1-3/h5-6,9,14-15,17-18H,2-4,7-8,10-12H2,1H3,(H,22,25);1H,(H,2,3)/t14-,15+,17+,18+;/m1./s1. The molecule has 0 aromatic carbocycles. The van der Waals surface area contributed by atoms with E-state index in [2.05, 4.69) is 20.2 Å². The predicted molar refractivity (Wildman–Crippen MR) is 105 cm³/mol. The summed E-state index contributed by atoms with van der Waals surface area (Å²) in [5, 5.41) is 9.91. The quantitative estimate of drug-likeness (QED) is 0.711. The Balaban J connectivity index is 0.000000755. The average molecular weight is 403 g/mol. The minimum absolute atomic E-state index is 0.0176. The summed E-state index contributed by atoms with van der Waals surface area (Å²) in [6, 6.07) is 0.842. The Labute approximate surface area is 170 Å². The molecule has 2 amide bonds. The maximum Gasteiger partial charge on any atom is 0.290 e. The highest BCUT2D eigenvalue weighted by molar-refractivity contribution is 5.92. The first-order chi connectivity index (χ1) is 14.0. The number of carbonyl (C=O) groups excluding carboxylic acids is 2. The number of likely N-dealkylation sites (tertiary alicyclic amines) is 1. The molecule has 0 spiro atoms. The molecule has 3 saturated heterocycles. The van der Waals surface area contributed by atoms with Crippen molar-refractivity contribution in [3.8, 4) is 0 Å². The Hall–Kier alpha value is -2.55. The summed E-state index contributed by atoms with van der Waals surface area (Å²) in [7, 11) is 0. The first-order valence-corrected chi connectivity index (χ1v) is 10.2. The van der Waals surface area contributed by atoms with Gasteiger partial charge in [-0.3, -0.25) is 24.3 Å². The van der Waals surface area contributed by atoms with Crippen LogP contribution in [-0.4, -0.2) is 81.4 Å². The maximum absolute atomic E-state index is 12.9. The number of amides is 2. The molecule has 158 valence electrons. The largest absolute Gasteiger partial charge is 0.483 e. The normalized spacial score (nSPS) is 28.4. The number of piperidine rings is 3. The Bertz CT molecular complexity index is 716. The van der Waals surface area contributed by atoms with E-state index >= 15 is 0 Å². The molecule has 1 aromatic heterocycles. The van der Waals surface area contributed by atoms with Gasteiger partial charge >= 0.3 is 0 Å². The first kappa shape index (κ1) is 21.2. The molecule has 4 atom stereocenters. The molecule has 0 saturated carbocycles. The third-order valence-electron chi connectivity index (χ3n) is 6.25. The van der Waals surface area contributed by atoms with Crippen LogP contribution in [0.2, 0.25) is 0 Å². The summed E-state index contributed by atoms with van der Waals surface area (Å²) < 4.78 is 0. The monoisotopic (exact) mass is 403 g/mol. The summed E-state index contributed by atoms with van der Waals surface area (Å²) in [5.41, 5.74) is 0.423. The van der Waals surface area contributed by atoms with Crippen molar-refractivity contribution in [2.75, 3.05) is 26.2 Å². The van der Waals surface area contributed by atoms with Crippen LogP contribution in [0.3, 0.4) is 0 Å². The van der Waals surface area contributed by atoms with Crippen LogP contribution in [0.25, 0.3) is 0 Å². The molecule has 2 bridgehead atoms. The molecule has 9 heteroatoms. The van der Waals surface area contributed by atoms with Gasteiger partial charge in [-0.15, -0.1) is 0 Å². The SMILES string of the molecule is CC(=O)NC[C@H]1[C@H]2C[C@H](CN(C(=O)c3cnccn3)C2)[C@@H]2CCCCN21.O=CO. The molecule has 29 heavy (non-hydrogen) atoms. The van der Waals surface area contributed by atoms with Crippen LogP contribution in [0.4, 0.5) is 0 Å². The smallest absolute Gasteiger partial charge is 0.290 e. The molecule has 0 unspecified atom stereocenters. The fourth-order valence-corrected chi connectivity index (χ4v) is 5.17. The van der Waals surface area contributed by atoms with E-state index in [1.165, 1.54) is 19.3 Å². The molecule has 4 heterocycles. The molecule has 3 aliphatic rings. The van der Waals surface area contributed by atoms with Gasteiger partial charge in [-0.2, -0.15) is 0 Å². The zero-order chi connectivity index (χ0) is 20.8. The van der Waals surface area contributed by atoms with Gasteiger partial charge in [0.2, 0.25) is 5.91 Å². The van der Waals surface area contributed by atoms with E-state index < -0.39 is 0 Å². The lowest BCUT2D eigenvalue weighted by Gasteiger charge is -2.56. The third kappa shape index (κ3) is 4.90. The van der Waals surface area contributed by atoms with Crippen LogP contribution >= 0.6 is 0 Å². The highest BCUT2D eigenvalue weighted by Gasteiger charge is 2.47. The summed E-state index contributed by atoms with van der Waals surface area (Å²) >= 11 is 0. The number of carboxylic acid groups (broad SMARTS) is 1. The van der Waals surface area contributed by atoms with Crippen molar-refractivity contribution in [3.05, 3.63) is 24.3 Å². The minimum atomic E-state index is -0.250. The summed E-state index contributed by atoms with van der Waals surface area (Å²) in [4.78, 5) is 45.6. The van der Waals surface area contributed by atoms with Gasteiger partial charge in [0, 0.05) is 51.0 Å². The van der Waals surface area contributed by atoms with Crippen LogP contribution in [-0.2, 0) is 9.59 Å². The van der Waals surface area contributed by atoms with E-state index in [0.717, 1.165) is 26.1 Å². The summed E-state index contributed by atoms with van der Waals surface area (Å²) in [6.45, 7) is 4.65. The van der Waals surface area contributed by atoms with E-state index in [0.29, 0.717) is 36.2 Å². The second-order valence-electron chi connectivity index (χ2n) is 7.97. The fraction of sp³-hybridized carbons (Fsp3) is 0.650. The van der Waals surface area contributed by atoms with Crippen LogP contribution < -0.4 is 5.32 Å². The fourth-order valence-electron chi connectivity index (χ4n) is 5.17. The van der Waals surface area contributed by atoms with Gasteiger partial charge in [0.1, 0.15) is 5.69 Å². The van der Waals surface area contributed by atoms with E-state index in [1.54, 1.807) is 25.5 Å². The van der Waals surface area contributed by atoms with Crippen LogP contribution in [0, 0.1) is 11.8 Å². The van der Waals surface area contributed by atoms with E-state index in [9.17, 15) is 9.59 Å². The second kappa shape index (κ2) is 9.78. The van der Waals surface area contributed by atoms with Crippen molar-refractivity contribution in [3.63, 3.8) is 0 Å². The van der Waals surface area contributed by atoms with Crippen LogP contribution in [0.15, 0.2) is 18.6 Å². The van der Waals surface area contributed by atoms with E-state index in [-0.39, 0.29) is 18.3 Å². The maximum atomic E-state index is 12.9. The number of aromatic nitrogens is 2. The van der Waals surface area contributed by atoms with Crippen molar-refractivity contribution in [1.82, 2.24) is 25.1 Å². The molecule has 3 fully saturated rings. The number of fused-ring (bicyclic) bond motifs is 4. The minimum Gasteiger partial charge on any atom is -0.483 e. The molecule has 2 N–H and O–H groups in total. The molecule has 1 aromatic rings. The Morgan fingerprint density at radius 1 is 1.28 bits per heavy atom. The molecular weight excluding hydrogens is 374 g/mol. The Morgan fingerprint density at radius 3 is 2.72 bits per heavy atom. The number of nitrogens with one attached hydrogen (secondary N) is 1. The lowest BCUT2D eigenvalue weighted by molar-refractivity contribution is -0.123. The lowest BCUT2D eigenvalue weighted by atomic mass is 9.72. The summed E-state index contributed by atoms with van der Waals surface area (Å²) in [5.74, 6) is 0.915. The number of hydrogen-bond donors (Lipinski definition) is 2. The van der Waals surface area contributed by atoms with Crippen molar-refractivity contribution in [1.29, 1.82) is 0 Å². The predicted octanol–water partition coefficient (Wildman–Crippen LogP) is 0.629. The van der Waals surface area contributed by atoms with E-state index in [4.69, 9.17) is 9.90 Å². The van der Waals surface area contributed by atoms with Crippen molar-refractivity contribution in [2.45, 2.75) is 44.7 Å². The molecule has 3 aliphatic heterocycles.